The molecular formula is C16H14BrN5O. The smallest absolute Gasteiger partial charge is 0.275 e. The molecule has 0 bridgehead atoms. The number of rotatable bonds is 4. The number of carbonyl (C=O) groups is 1. The molecule has 1 aromatic heterocycles. The number of nitrogens with zero attached hydrogens (tertiary/aromatic N) is 3. The standard InChI is InChI=1S/C16H14BrN5O/c17-12-6-8-13(9-7-12)22-15(18)14(20-21-22)16(23)19-10-11-4-2-1-3-5-11/h1-9H,10,18H2,(H,19,23). The first-order chi connectivity index (χ1) is 11.1. The molecule has 116 valence electrons. The molecular weight excluding hydrogens is 358 g/mol. The van der Waals surface area contributed by atoms with Crippen molar-refractivity contribution in [2.24, 2.45) is 0 Å². The highest BCUT2D eigenvalue weighted by Crippen LogP contribution is 2.17. The van der Waals surface area contributed by atoms with Crippen LogP contribution in [0.2, 0.25) is 0 Å². The lowest BCUT2D eigenvalue weighted by atomic mass is 10.2. The van der Waals surface area contributed by atoms with Crippen molar-refractivity contribution in [3.05, 3.63) is 70.3 Å². The van der Waals surface area contributed by atoms with Crippen LogP contribution in [-0.2, 0) is 6.54 Å². The fraction of sp³-hybridized carbons (Fsp3) is 0.0625. The molecule has 3 N–H and O–H groups in total. The second-order valence-corrected chi connectivity index (χ2v) is 5.80. The largest absolute Gasteiger partial charge is 0.382 e. The van der Waals surface area contributed by atoms with Crippen LogP contribution in [0.5, 0.6) is 0 Å². The van der Waals surface area contributed by atoms with Crippen molar-refractivity contribution in [1.29, 1.82) is 0 Å². The summed E-state index contributed by atoms with van der Waals surface area (Å²) in [6, 6.07) is 17.0. The molecule has 7 heteroatoms. The van der Waals surface area contributed by atoms with E-state index in [1.165, 1.54) is 4.68 Å². The van der Waals surface area contributed by atoms with Gasteiger partial charge in [0.25, 0.3) is 5.91 Å². The number of benzene rings is 2. The molecule has 6 nitrogen and oxygen atoms in total. The van der Waals surface area contributed by atoms with Crippen LogP contribution in [-0.4, -0.2) is 20.9 Å². The summed E-state index contributed by atoms with van der Waals surface area (Å²) >= 11 is 3.37. The summed E-state index contributed by atoms with van der Waals surface area (Å²) in [6.07, 6.45) is 0. The van der Waals surface area contributed by atoms with E-state index in [1.807, 2.05) is 54.6 Å². The van der Waals surface area contributed by atoms with E-state index < -0.39 is 0 Å². The molecule has 0 saturated heterocycles. The predicted octanol–water partition coefficient (Wildman–Crippen LogP) is 2.54. The van der Waals surface area contributed by atoms with Gasteiger partial charge in [-0.2, -0.15) is 4.68 Å². The average Bonchev–Trinajstić information content (AvgIpc) is 2.96. The summed E-state index contributed by atoms with van der Waals surface area (Å²) in [5, 5.41) is 10.6. The van der Waals surface area contributed by atoms with E-state index in [0.717, 1.165) is 15.7 Å². The number of nitrogen functional groups attached to an aromatic ring is 1. The quantitative estimate of drug-likeness (QED) is 0.737. The van der Waals surface area contributed by atoms with Gasteiger partial charge in [0, 0.05) is 11.0 Å². The zero-order chi connectivity index (χ0) is 16.2. The van der Waals surface area contributed by atoms with E-state index in [2.05, 4.69) is 31.6 Å². The molecule has 0 fully saturated rings. The maximum absolute atomic E-state index is 12.2. The van der Waals surface area contributed by atoms with Crippen molar-refractivity contribution in [2.75, 3.05) is 5.73 Å². The Bertz CT molecular complexity index is 814. The van der Waals surface area contributed by atoms with Crippen LogP contribution < -0.4 is 11.1 Å². The first-order valence-electron chi connectivity index (χ1n) is 6.94. The van der Waals surface area contributed by atoms with Gasteiger partial charge in [-0.25, -0.2) is 0 Å². The third kappa shape index (κ3) is 3.40. The maximum Gasteiger partial charge on any atom is 0.275 e. The second-order valence-electron chi connectivity index (χ2n) is 4.88. The van der Waals surface area contributed by atoms with Gasteiger partial charge in [0.2, 0.25) is 0 Å². The summed E-state index contributed by atoms with van der Waals surface area (Å²) < 4.78 is 2.38. The minimum Gasteiger partial charge on any atom is -0.382 e. The third-order valence-corrected chi connectivity index (χ3v) is 3.82. The molecule has 1 heterocycles. The lowest BCUT2D eigenvalue weighted by molar-refractivity contribution is 0.0947. The van der Waals surface area contributed by atoms with E-state index in [9.17, 15) is 4.79 Å². The Labute approximate surface area is 141 Å². The monoisotopic (exact) mass is 371 g/mol. The Morgan fingerprint density at radius 1 is 1.13 bits per heavy atom. The van der Waals surface area contributed by atoms with Gasteiger partial charge in [0.05, 0.1) is 5.69 Å². The highest BCUT2D eigenvalue weighted by atomic mass is 79.9. The Morgan fingerprint density at radius 3 is 2.52 bits per heavy atom. The highest BCUT2D eigenvalue weighted by molar-refractivity contribution is 9.10. The molecule has 0 unspecified atom stereocenters. The minimum atomic E-state index is -0.352. The summed E-state index contributed by atoms with van der Waals surface area (Å²) in [5.74, 6) is -0.146. The van der Waals surface area contributed by atoms with Gasteiger partial charge >= 0.3 is 0 Å². The lowest BCUT2D eigenvalue weighted by Crippen LogP contribution is -2.24. The fourth-order valence-corrected chi connectivity index (χ4v) is 2.35. The molecule has 2 aromatic carbocycles. The molecule has 23 heavy (non-hydrogen) atoms. The lowest BCUT2D eigenvalue weighted by Gasteiger charge is -2.05. The van der Waals surface area contributed by atoms with Gasteiger partial charge < -0.3 is 11.1 Å². The maximum atomic E-state index is 12.2. The normalized spacial score (nSPS) is 10.5. The summed E-state index contributed by atoms with van der Waals surface area (Å²) in [7, 11) is 0. The first-order valence-corrected chi connectivity index (χ1v) is 7.73. The number of halogens is 1. The van der Waals surface area contributed by atoms with Gasteiger partial charge in [-0.3, -0.25) is 4.79 Å². The van der Waals surface area contributed by atoms with Crippen molar-refractivity contribution in [3.8, 4) is 5.69 Å². The third-order valence-electron chi connectivity index (χ3n) is 3.29. The topological polar surface area (TPSA) is 85.8 Å². The van der Waals surface area contributed by atoms with Crippen molar-refractivity contribution in [2.45, 2.75) is 6.54 Å². The van der Waals surface area contributed by atoms with E-state index in [-0.39, 0.29) is 17.4 Å². The average molecular weight is 372 g/mol. The van der Waals surface area contributed by atoms with Crippen LogP contribution in [0, 0.1) is 0 Å². The highest BCUT2D eigenvalue weighted by Gasteiger charge is 2.18. The van der Waals surface area contributed by atoms with Crippen LogP contribution in [0.1, 0.15) is 16.1 Å². The number of amides is 1. The van der Waals surface area contributed by atoms with E-state index in [1.54, 1.807) is 0 Å². The van der Waals surface area contributed by atoms with Crippen molar-refractivity contribution in [3.63, 3.8) is 0 Å². The van der Waals surface area contributed by atoms with Crippen LogP contribution >= 0.6 is 15.9 Å². The Balaban J connectivity index is 1.76. The van der Waals surface area contributed by atoms with E-state index in [4.69, 9.17) is 5.73 Å². The molecule has 0 radical (unpaired) electrons. The molecule has 0 aliphatic carbocycles. The van der Waals surface area contributed by atoms with Crippen molar-refractivity contribution < 1.29 is 4.79 Å². The zero-order valence-corrected chi connectivity index (χ0v) is 13.7. The molecule has 0 spiro atoms. The van der Waals surface area contributed by atoms with Crippen LogP contribution in [0.4, 0.5) is 5.82 Å². The molecule has 0 aliphatic rings. The van der Waals surface area contributed by atoms with E-state index >= 15 is 0 Å². The number of carbonyl (C=O) groups excluding carboxylic acids is 1. The van der Waals surface area contributed by atoms with E-state index in [0.29, 0.717) is 6.54 Å². The van der Waals surface area contributed by atoms with Gasteiger partial charge in [-0.15, -0.1) is 5.10 Å². The fourth-order valence-electron chi connectivity index (χ4n) is 2.09. The minimum absolute atomic E-state index is 0.115. The number of hydrogen-bond donors (Lipinski definition) is 2. The Hall–Kier alpha value is -2.67. The second kappa shape index (κ2) is 6.62. The van der Waals surface area contributed by atoms with Crippen LogP contribution in [0.15, 0.2) is 59.1 Å². The molecule has 0 aliphatic heterocycles. The molecule has 3 rings (SSSR count). The summed E-state index contributed by atoms with van der Waals surface area (Å²) in [5.41, 5.74) is 7.86. The molecule has 0 atom stereocenters. The summed E-state index contributed by atoms with van der Waals surface area (Å²) in [4.78, 5) is 12.2. The molecule has 0 saturated carbocycles. The number of nitrogens with two attached hydrogens (primary N) is 1. The Morgan fingerprint density at radius 2 is 1.83 bits per heavy atom. The number of nitrogens with one attached hydrogen (secondary N) is 1. The molecule has 1 amide bonds. The van der Waals surface area contributed by atoms with Gasteiger partial charge in [-0.05, 0) is 29.8 Å². The van der Waals surface area contributed by atoms with Crippen molar-refractivity contribution >= 4 is 27.7 Å². The SMILES string of the molecule is Nc1c(C(=O)NCc2ccccc2)nnn1-c1ccc(Br)cc1. The predicted molar refractivity (Wildman–Crippen MR) is 91.1 cm³/mol. The van der Waals surface area contributed by atoms with Crippen LogP contribution in [0.3, 0.4) is 0 Å². The van der Waals surface area contributed by atoms with Crippen molar-refractivity contribution in [1.82, 2.24) is 20.3 Å². The van der Waals surface area contributed by atoms with Gasteiger partial charge in [0.1, 0.15) is 0 Å². The van der Waals surface area contributed by atoms with Gasteiger partial charge in [-0.1, -0.05) is 51.5 Å². The number of hydrogen-bond acceptors (Lipinski definition) is 4. The first kappa shape index (κ1) is 15.2. The number of aromatic nitrogens is 3. The number of anilines is 1. The van der Waals surface area contributed by atoms with Gasteiger partial charge in [0.15, 0.2) is 11.5 Å². The summed E-state index contributed by atoms with van der Waals surface area (Å²) in [6.45, 7) is 0.407. The molecule has 3 aromatic rings. The zero-order valence-electron chi connectivity index (χ0n) is 12.1. The Kier molecular flexibility index (Phi) is 4.38. The van der Waals surface area contributed by atoms with Crippen LogP contribution in [0.25, 0.3) is 5.69 Å².